The molecule has 0 atom stereocenters. The molecule has 0 amide bonds. The van der Waals surface area contributed by atoms with Crippen LogP contribution in [-0.2, 0) is 6.42 Å². The van der Waals surface area contributed by atoms with E-state index in [-0.39, 0.29) is 0 Å². The lowest BCUT2D eigenvalue weighted by Gasteiger charge is -2.03. The Hall–Kier alpha value is -0.780. The monoisotopic (exact) mass is 160 g/mol. The Kier molecular flexibility index (Phi) is 1.92. The van der Waals surface area contributed by atoms with Crippen LogP contribution in [0.2, 0.25) is 0 Å². The molecule has 0 nitrogen and oxygen atoms in total. The van der Waals surface area contributed by atoms with E-state index in [1.165, 1.54) is 36.0 Å². The molecule has 0 saturated heterocycles. The van der Waals surface area contributed by atoms with Gasteiger partial charge in [-0.1, -0.05) is 29.3 Å². The number of rotatable bonds is 2. The van der Waals surface area contributed by atoms with Crippen LogP contribution in [0.1, 0.15) is 29.5 Å². The largest absolute Gasteiger partial charge is 0.0564 e. The lowest BCUT2D eigenvalue weighted by atomic mass is 10.0. The summed E-state index contributed by atoms with van der Waals surface area (Å²) in [6.45, 7) is 4.37. The van der Waals surface area contributed by atoms with Crippen LogP contribution >= 0.6 is 0 Å². The molecule has 1 aromatic carbocycles. The van der Waals surface area contributed by atoms with Gasteiger partial charge in [0.2, 0.25) is 0 Å². The van der Waals surface area contributed by atoms with Crippen LogP contribution in [0.4, 0.5) is 0 Å². The number of aryl methyl sites for hydroxylation is 2. The molecule has 0 radical (unpaired) electrons. The average Bonchev–Trinajstić information content (AvgIpc) is 2.68. The summed E-state index contributed by atoms with van der Waals surface area (Å²) in [5.74, 6) is 1.01. The number of hydrogen-bond donors (Lipinski definition) is 0. The standard InChI is InChI=1S/C12H16/c1-9-5-10(2)7-12(6-9)8-11-3-4-11/h5-7,11H,3-4,8H2,1-2H3. The third-order valence-electron chi connectivity index (χ3n) is 2.50. The van der Waals surface area contributed by atoms with Gasteiger partial charge in [0.15, 0.2) is 0 Å². The fourth-order valence-corrected chi connectivity index (χ4v) is 1.84. The summed E-state index contributed by atoms with van der Waals surface area (Å²) in [5, 5.41) is 0. The highest BCUT2D eigenvalue weighted by Crippen LogP contribution is 2.32. The Bertz CT molecular complexity index is 262. The zero-order chi connectivity index (χ0) is 8.55. The van der Waals surface area contributed by atoms with Crippen molar-refractivity contribution in [2.45, 2.75) is 33.1 Å². The van der Waals surface area contributed by atoms with Crippen molar-refractivity contribution >= 4 is 0 Å². The van der Waals surface area contributed by atoms with Crippen LogP contribution in [0.5, 0.6) is 0 Å². The van der Waals surface area contributed by atoms with E-state index in [9.17, 15) is 0 Å². The molecule has 1 fully saturated rings. The Labute approximate surface area is 74.6 Å². The van der Waals surface area contributed by atoms with Crippen molar-refractivity contribution in [3.63, 3.8) is 0 Å². The summed E-state index contributed by atoms with van der Waals surface area (Å²) >= 11 is 0. The van der Waals surface area contributed by atoms with E-state index in [1.807, 2.05) is 0 Å². The summed E-state index contributed by atoms with van der Waals surface area (Å²) in [4.78, 5) is 0. The van der Waals surface area contributed by atoms with Crippen LogP contribution in [-0.4, -0.2) is 0 Å². The van der Waals surface area contributed by atoms with E-state index in [0.717, 1.165) is 5.92 Å². The predicted molar refractivity (Wildman–Crippen MR) is 52.3 cm³/mol. The van der Waals surface area contributed by atoms with Gasteiger partial charge in [-0.25, -0.2) is 0 Å². The predicted octanol–water partition coefficient (Wildman–Crippen LogP) is 3.26. The minimum atomic E-state index is 1.01. The Morgan fingerprint density at radius 1 is 1.08 bits per heavy atom. The first kappa shape index (κ1) is 7.85. The third kappa shape index (κ3) is 1.88. The zero-order valence-corrected chi connectivity index (χ0v) is 7.93. The molecule has 0 aliphatic heterocycles. The summed E-state index contributed by atoms with van der Waals surface area (Å²) in [6.07, 6.45) is 4.21. The maximum atomic E-state index is 2.32. The van der Waals surface area contributed by atoms with Gasteiger partial charge in [-0.2, -0.15) is 0 Å². The molecule has 0 bridgehead atoms. The van der Waals surface area contributed by atoms with Gasteiger partial charge in [-0.3, -0.25) is 0 Å². The van der Waals surface area contributed by atoms with E-state index in [0.29, 0.717) is 0 Å². The van der Waals surface area contributed by atoms with Crippen LogP contribution in [0, 0.1) is 19.8 Å². The second-order valence-corrected chi connectivity index (χ2v) is 4.14. The quantitative estimate of drug-likeness (QED) is 0.623. The van der Waals surface area contributed by atoms with Crippen molar-refractivity contribution in [3.8, 4) is 0 Å². The highest BCUT2D eigenvalue weighted by atomic mass is 14.3. The molecule has 0 spiro atoms. The summed E-state index contributed by atoms with van der Waals surface area (Å²) in [7, 11) is 0. The molecule has 2 rings (SSSR count). The van der Waals surface area contributed by atoms with Gasteiger partial charge in [0.25, 0.3) is 0 Å². The first-order valence-corrected chi connectivity index (χ1v) is 4.81. The fourth-order valence-electron chi connectivity index (χ4n) is 1.84. The van der Waals surface area contributed by atoms with Crippen molar-refractivity contribution in [2.75, 3.05) is 0 Å². The minimum absolute atomic E-state index is 1.01. The van der Waals surface area contributed by atoms with Gasteiger partial charge in [-0.15, -0.1) is 0 Å². The number of hydrogen-bond acceptors (Lipinski definition) is 0. The SMILES string of the molecule is Cc1cc(C)cc(CC2CC2)c1. The lowest BCUT2D eigenvalue weighted by Crippen LogP contribution is -1.89. The molecular formula is C12H16. The molecule has 64 valence electrons. The summed E-state index contributed by atoms with van der Waals surface area (Å²) < 4.78 is 0. The van der Waals surface area contributed by atoms with Crippen molar-refractivity contribution in [2.24, 2.45) is 5.92 Å². The zero-order valence-electron chi connectivity index (χ0n) is 7.93. The maximum Gasteiger partial charge on any atom is -0.0250 e. The molecule has 0 heteroatoms. The average molecular weight is 160 g/mol. The molecule has 0 aromatic heterocycles. The molecule has 1 aliphatic rings. The van der Waals surface area contributed by atoms with Crippen molar-refractivity contribution in [1.82, 2.24) is 0 Å². The van der Waals surface area contributed by atoms with Gasteiger partial charge in [-0.05, 0) is 44.6 Å². The van der Waals surface area contributed by atoms with Gasteiger partial charge < -0.3 is 0 Å². The lowest BCUT2D eigenvalue weighted by molar-refractivity contribution is 0.830. The normalized spacial score (nSPS) is 16.5. The Morgan fingerprint density at radius 2 is 1.67 bits per heavy atom. The smallest absolute Gasteiger partial charge is 0.0250 e. The Balaban J connectivity index is 2.18. The summed E-state index contributed by atoms with van der Waals surface area (Å²) in [5.41, 5.74) is 4.35. The van der Waals surface area contributed by atoms with E-state index < -0.39 is 0 Å². The molecule has 0 heterocycles. The van der Waals surface area contributed by atoms with Crippen molar-refractivity contribution in [3.05, 3.63) is 34.9 Å². The van der Waals surface area contributed by atoms with Crippen LogP contribution in [0.3, 0.4) is 0 Å². The van der Waals surface area contributed by atoms with E-state index in [2.05, 4.69) is 32.0 Å². The second kappa shape index (κ2) is 2.93. The van der Waals surface area contributed by atoms with E-state index in [4.69, 9.17) is 0 Å². The van der Waals surface area contributed by atoms with Gasteiger partial charge >= 0.3 is 0 Å². The van der Waals surface area contributed by atoms with Crippen LogP contribution in [0.15, 0.2) is 18.2 Å². The van der Waals surface area contributed by atoms with Gasteiger partial charge in [0.05, 0.1) is 0 Å². The van der Waals surface area contributed by atoms with Crippen LogP contribution in [0.25, 0.3) is 0 Å². The minimum Gasteiger partial charge on any atom is -0.0564 e. The molecule has 0 N–H and O–H groups in total. The first-order chi connectivity index (χ1) is 5.74. The van der Waals surface area contributed by atoms with Gasteiger partial charge in [0.1, 0.15) is 0 Å². The number of benzene rings is 1. The maximum absolute atomic E-state index is 2.32. The highest BCUT2D eigenvalue weighted by Gasteiger charge is 2.21. The molecule has 0 unspecified atom stereocenters. The molecule has 1 aromatic rings. The summed E-state index contributed by atoms with van der Waals surface area (Å²) in [6, 6.07) is 6.90. The molecular weight excluding hydrogens is 144 g/mol. The highest BCUT2D eigenvalue weighted by molar-refractivity contribution is 5.29. The topological polar surface area (TPSA) is 0 Å². The third-order valence-corrected chi connectivity index (χ3v) is 2.50. The molecule has 1 aliphatic carbocycles. The second-order valence-electron chi connectivity index (χ2n) is 4.14. The first-order valence-electron chi connectivity index (χ1n) is 4.81. The van der Waals surface area contributed by atoms with E-state index >= 15 is 0 Å². The molecule has 12 heavy (non-hydrogen) atoms. The fraction of sp³-hybridized carbons (Fsp3) is 0.500. The van der Waals surface area contributed by atoms with Crippen LogP contribution < -0.4 is 0 Å². The van der Waals surface area contributed by atoms with Crippen molar-refractivity contribution < 1.29 is 0 Å². The van der Waals surface area contributed by atoms with E-state index in [1.54, 1.807) is 0 Å². The Morgan fingerprint density at radius 3 is 2.17 bits per heavy atom. The van der Waals surface area contributed by atoms with Gasteiger partial charge in [0, 0.05) is 0 Å². The molecule has 1 saturated carbocycles. The van der Waals surface area contributed by atoms with Crippen molar-refractivity contribution in [1.29, 1.82) is 0 Å².